The number of benzene rings is 1. The van der Waals surface area contributed by atoms with Gasteiger partial charge in [0.05, 0.1) is 13.2 Å². The molecule has 1 aliphatic rings. The molecule has 94 valence electrons. The van der Waals surface area contributed by atoms with Crippen LogP contribution >= 0.6 is 0 Å². The van der Waals surface area contributed by atoms with E-state index in [9.17, 15) is 4.39 Å². The standard InChI is InChI=1S/C14H20FNO/c1-11-5-6-13(15)8-12(11)9-17-10-14-4-2-3-7-16-14/h5-6,8,14,16H,2-4,7,9-10H2,1H3. The van der Waals surface area contributed by atoms with E-state index in [1.165, 1.54) is 25.3 Å². The summed E-state index contributed by atoms with van der Waals surface area (Å²) in [6.45, 7) is 4.29. The van der Waals surface area contributed by atoms with Crippen LogP contribution in [0.15, 0.2) is 18.2 Å². The molecule has 1 aromatic rings. The fourth-order valence-corrected chi connectivity index (χ4v) is 2.17. The van der Waals surface area contributed by atoms with Crippen molar-refractivity contribution in [2.24, 2.45) is 0 Å². The summed E-state index contributed by atoms with van der Waals surface area (Å²) in [7, 11) is 0. The van der Waals surface area contributed by atoms with Gasteiger partial charge in [0.15, 0.2) is 0 Å². The minimum Gasteiger partial charge on any atom is -0.375 e. The lowest BCUT2D eigenvalue weighted by atomic mass is 10.1. The third-order valence-electron chi connectivity index (χ3n) is 3.30. The Hall–Kier alpha value is -0.930. The molecule has 1 aliphatic heterocycles. The van der Waals surface area contributed by atoms with Crippen LogP contribution in [0.5, 0.6) is 0 Å². The monoisotopic (exact) mass is 237 g/mol. The van der Waals surface area contributed by atoms with Crippen LogP contribution in [0.4, 0.5) is 4.39 Å². The lowest BCUT2D eigenvalue weighted by Crippen LogP contribution is -2.37. The van der Waals surface area contributed by atoms with Gasteiger partial charge in [0.1, 0.15) is 5.82 Å². The SMILES string of the molecule is Cc1ccc(F)cc1COCC1CCCCN1. The summed E-state index contributed by atoms with van der Waals surface area (Å²) in [6.07, 6.45) is 3.72. The van der Waals surface area contributed by atoms with E-state index >= 15 is 0 Å². The van der Waals surface area contributed by atoms with Crippen molar-refractivity contribution in [3.63, 3.8) is 0 Å². The van der Waals surface area contributed by atoms with Gasteiger partial charge in [-0.25, -0.2) is 4.39 Å². The van der Waals surface area contributed by atoms with Crippen molar-refractivity contribution in [3.05, 3.63) is 35.1 Å². The van der Waals surface area contributed by atoms with Gasteiger partial charge in [0.2, 0.25) is 0 Å². The first-order valence-electron chi connectivity index (χ1n) is 6.32. The maximum atomic E-state index is 13.1. The highest BCUT2D eigenvalue weighted by atomic mass is 19.1. The number of hydrogen-bond acceptors (Lipinski definition) is 2. The molecule has 1 unspecified atom stereocenters. The zero-order valence-corrected chi connectivity index (χ0v) is 10.3. The van der Waals surface area contributed by atoms with Crippen LogP contribution in [0.3, 0.4) is 0 Å². The van der Waals surface area contributed by atoms with Gasteiger partial charge in [-0.2, -0.15) is 0 Å². The number of halogens is 1. The van der Waals surface area contributed by atoms with Crippen molar-refractivity contribution in [2.75, 3.05) is 13.2 Å². The number of nitrogens with one attached hydrogen (secondary N) is 1. The molecule has 2 nitrogen and oxygen atoms in total. The van der Waals surface area contributed by atoms with Gasteiger partial charge in [-0.1, -0.05) is 12.5 Å². The molecule has 1 N–H and O–H groups in total. The molecule has 0 aromatic heterocycles. The second-order valence-electron chi connectivity index (χ2n) is 4.73. The average molecular weight is 237 g/mol. The normalized spacial score (nSPS) is 20.5. The van der Waals surface area contributed by atoms with Crippen LogP contribution in [-0.4, -0.2) is 19.2 Å². The molecule has 1 saturated heterocycles. The van der Waals surface area contributed by atoms with E-state index in [4.69, 9.17) is 4.74 Å². The maximum absolute atomic E-state index is 13.1. The van der Waals surface area contributed by atoms with E-state index in [1.54, 1.807) is 12.1 Å². The molecule has 1 atom stereocenters. The average Bonchev–Trinajstić information content (AvgIpc) is 2.35. The first-order chi connectivity index (χ1) is 8.25. The van der Waals surface area contributed by atoms with Gasteiger partial charge in [0.25, 0.3) is 0 Å². The van der Waals surface area contributed by atoms with Gasteiger partial charge in [-0.3, -0.25) is 0 Å². The third kappa shape index (κ3) is 3.79. The number of ether oxygens (including phenoxy) is 1. The predicted octanol–water partition coefficient (Wildman–Crippen LogP) is 2.79. The number of aryl methyl sites for hydroxylation is 1. The molecule has 0 spiro atoms. The highest BCUT2D eigenvalue weighted by Gasteiger charge is 2.12. The molecule has 2 rings (SSSR count). The minimum absolute atomic E-state index is 0.190. The smallest absolute Gasteiger partial charge is 0.123 e. The summed E-state index contributed by atoms with van der Waals surface area (Å²) in [5.41, 5.74) is 2.03. The Balaban J connectivity index is 1.79. The molecular weight excluding hydrogens is 217 g/mol. The zero-order valence-electron chi connectivity index (χ0n) is 10.3. The molecular formula is C14H20FNO. The van der Waals surface area contributed by atoms with Crippen molar-refractivity contribution < 1.29 is 9.13 Å². The van der Waals surface area contributed by atoms with Crippen LogP contribution in [-0.2, 0) is 11.3 Å². The second kappa shape index (κ2) is 6.12. The van der Waals surface area contributed by atoms with E-state index in [1.807, 2.05) is 6.92 Å². The van der Waals surface area contributed by atoms with Crippen molar-refractivity contribution in [1.29, 1.82) is 0 Å². The maximum Gasteiger partial charge on any atom is 0.123 e. The quantitative estimate of drug-likeness (QED) is 0.869. The highest BCUT2D eigenvalue weighted by molar-refractivity contribution is 5.25. The van der Waals surface area contributed by atoms with E-state index in [-0.39, 0.29) is 5.82 Å². The molecule has 0 saturated carbocycles. The van der Waals surface area contributed by atoms with Crippen LogP contribution < -0.4 is 5.32 Å². The first-order valence-corrected chi connectivity index (χ1v) is 6.32. The molecule has 0 radical (unpaired) electrons. The van der Waals surface area contributed by atoms with Gasteiger partial charge in [-0.15, -0.1) is 0 Å². The van der Waals surface area contributed by atoms with Crippen LogP contribution in [0.25, 0.3) is 0 Å². The Labute approximate surface area is 102 Å². The molecule has 17 heavy (non-hydrogen) atoms. The second-order valence-corrected chi connectivity index (χ2v) is 4.73. The third-order valence-corrected chi connectivity index (χ3v) is 3.30. The summed E-state index contributed by atoms with van der Waals surface area (Å²) in [4.78, 5) is 0. The number of hydrogen-bond donors (Lipinski definition) is 1. The largest absolute Gasteiger partial charge is 0.375 e. The van der Waals surface area contributed by atoms with Crippen molar-refractivity contribution in [1.82, 2.24) is 5.32 Å². The fraction of sp³-hybridized carbons (Fsp3) is 0.571. The predicted molar refractivity (Wildman–Crippen MR) is 66.4 cm³/mol. The summed E-state index contributed by atoms with van der Waals surface area (Å²) >= 11 is 0. The molecule has 3 heteroatoms. The molecule has 1 heterocycles. The van der Waals surface area contributed by atoms with E-state index in [0.717, 1.165) is 24.3 Å². The first kappa shape index (κ1) is 12.5. The molecule has 0 amide bonds. The molecule has 0 bridgehead atoms. The Kier molecular flexibility index (Phi) is 4.51. The number of piperidine rings is 1. The topological polar surface area (TPSA) is 21.3 Å². The summed E-state index contributed by atoms with van der Waals surface area (Å²) in [5, 5.41) is 3.43. The van der Waals surface area contributed by atoms with Crippen molar-refractivity contribution >= 4 is 0 Å². The highest BCUT2D eigenvalue weighted by Crippen LogP contribution is 2.13. The minimum atomic E-state index is -0.190. The fourth-order valence-electron chi connectivity index (χ4n) is 2.17. The lowest BCUT2D eigenvalue weighted by molar-refractivity contribution is 0.0907. The Morgan fingerprint density at radius 3 is 3.06 bits per heavy atom. The Morgan fingerprint density at radius 2 is 2.29 bits per heavy atom. The van der Waals surface area contributed by atoms with Gasteiger partial charge >= 0.3 is 0 Å². The van der Waals surface area contributed by atoms with Crippen LogP contribution in [0.1, 0.15) is 30.4 Å². The van der Waals surface area contributed by atoms with Gasteiger partial charge < -0.3 is 10.1 Å². The molecule has 0 aliphatic carbocycles. The van der Waals surface area contributed by atoms with E-state index < -0.39 is 0 Å². The van der Waals surface area contributed by atoms with Crippen LogP contribution in [0.2, 0.25) is 0 Å². The van der Waals surface area contributed by atoms with Crippen molar-refractivity contribution in [2.45, 2.75) is 38.8 Å². The summed E-state index contributed by atoms with van der Waals surface area (Å²) < 4.78 is 18.7. The van der Waals surface area contributed by atoms with Gasteiger partial charge in [-0.05, 0) is 49.6 Å². The van der Waals surface area contributed by atoms with Crippen molar-refractivity contribution in [3.8, 4) is 0 Å². The Bertz CT molecular complexity index is 361. The molecule has 1 fully saturated rings. The molecule has 1 aromatic carbocycles. The van der Waals surface area contributed by atoms with E-state index in [2.05, 4.69) is 5.32 Å². The summed E-state index contributed by atoms with van der Waals surface area (Å²) in [6, 6.07) is 5.32. The lowest BCUT2D eigenvalue weighted by Gasteiger charge is -2.23. The van der Waals surface area contributed by atoms with E-state index in [0.29, 0.717) is 12.6 Å². The zero-order chi connectivity index (χ0) is 12.1. The Morgan fingerprint density at radius 1 is 1.41 bits per heavy atom. The summed E-state index contributed by atoms with van der Waals surface area (Å²) in [5.74, 6) is -0.190. The number of rotatable bonds is 4. The van der Waals surface area contributed by atoms with Gasteiger partial charge in [0, 0.05) is 6.04 Å². The van der Waals surface area contributed by atoms with Crippen LogP contribution in [0, 0.1) is 12.7 Å².